The first-order chi connectivity index (χ1) is 6.34. The van der Waals surface area contributed by atoms with Crippen LogP contribution < -0.4 is 0 Å². The van der Waals surface area contributed by atoms with Crippen molar-refractivity contribution in [3.05, 3.63) is 0 Å². The first-order valence-electron chi connectivity index (χ1n) is 5.87. The molecule has 6 rings (SSSR count). The first-order valence-corrected chi connectivity index (χ1v) is 5.87. The van der Waals surface area contributed by atoms with Crippen LogP contribution in [0.1, 0.15) is 44.9 Å². The fraction of sp³-hybridized carbons (Fsp3) is 0.917. The van der Waals surface area contributed by atoms with Gasteiger partial charge in [0.1, 0.15) is 5.78 Å². The van der Waals surface area contributed by atoms with E-state index in [0.29, 0.717) is 11.7 Å². The van der Waals surface area contributed by atoms with Gasteiger partial charge in [-0.15, -0.1) is 0 Å². The summed E-state index contributed by atoms with van der Waals surface area (Å²) in [6.45, 7) is 0. The van der Waals surface area contributed by atoms with Crippen LogP contribution in [0.15, 0.2) is 0 Å². The molecule has 0 aromatic carbocycles. The molecule has 72 valence electrons. The van der Waals surface area contributed by atoms with Crippen molar-refractivity contribution in [3.8, 4) is 0 Å². The van der Waals surface area contributed by atoms with Gasteiger partial charge in [-0.05, 0) is 56.3 Å². The number of carbonyl (C=O) groups excluding carboxylic acids is 1. The zero-order chi connectivity index (χ0) is 8.84. The van der Waals surface area contributed by atoms with E-state index in [4.69, 9.17) is 0 Å². The molecule has 0 aliphatic heterocycles. The lowest BCUT2D eigenvalue weighted by atomic mass is 9.59. The predicted molar refractivity (Wildman–Crippen MR) is 51.3 cm³/mol. The standard InChI is InChI=1S/C12H18O/c13-12-7-10-5-6-11(12)9-3-1-8(10)2-4-9/h8-11H,1-7H2/t8?,9?,10-,11-/m0/s1. The zero-order valence-electron chi connectivity index (χ0n) is 8.17. The van der Waals surface area contributed by atoms with Gasteiger partial charge in [0.15, 0.2) is 0 Å². The summed E-state index contributed by atoms with van der Waals surface area (Å²) in [7, 11) is 0. The highest BCUT2D eigenvalue weighted by atomic mass is 16.1. The van der Waals surface area contributed by atoms with E-state index >= 15 is 0 Å². The van der Waals surface area contributed by atoms with Crippen LogP contribution in [0.3, 0.4) is 0 Å². The van der Waals surface area contributed by atoms with E-state index < -0.39 is 0 Å². The number of carbonyl (C=O) groups is 1. The van der Waals surface area contributed by atoms with Crippen LogP contribution >= 0.6 is 0 Å². The van der Waals surface area contributed by atoms with Crippen molar-refractivity contribution < 1.29 is 4.79 Å². The molecule has 0 unspecified atom stereocenters. The quantitative estimate of drug-likeness (QED) is 0.557. The molecule has 0 N–H and O–H groups in total. The predicted octanol–water partition coefficient (Wildman–Crippen LogP) is 2.79. The third kappa shape index (κ3) is 1.16. The number of ketones is 1. The van der Waals surface area contributed by atoms with Crippen molar-refractivity contribution in [3.63, 3.8) is 0 Å². The fourth-order valence-electron chi connectivity index (χ4n) is 3.99. The van der Waals surface area contributed by atoms with Crippen molar-refractivity contribution in [2.24, 2.45) is 23.7 Å². The molecule has 13 heavy (non-hydrogen) atoms. The van der Waals surface area contributed by atoms with E-state index in [2.05, 4.69) is 0 Å². The van der Waals surface area contributed by atoms with Crippen molar-refractivity contribution in [2.75, 3.05) is 0 Å². The molecule has 6 aliphatic rings. The third-order valence-electron chi connectivity index (χ3n) is 4.78. The average molecular weight is 178 g/mol. The summed E-state index contributed by atoms with van der Waals surface area (Å²) in [6.07, 6.45) is 9.10. The lowest BCUT2D eigenvalue weighted by molar-refractivity contribution is -0.132. The fourth-order valence-corrected chi connectivity index (χ4v) is 3.99. The van der Waals surface area contributed by atoms with Gasteiger partial charge in [-0.25, -0.2) is 0 Å². The molecule has 0 saturated heterocycles. The number of rotatable bonds is 0. The van der Waals surface area contributed by atoms with E-state index in [1.807, 2.05) is 0 Å². The highest BCUT2D eigenvalue weighted by molar-refractivity contribution is 5.82. The van der Waals surface area contributed by atoms with Gasteiger partial charge in [-0.3, -0.25) is 4.79 Å². The maximum Gasteiger partial charge on any atom is 0.136 e. The van der Waals surface area contributed by atoms with Gasteiger partial charge in [0.25, 0.3) is 0 Å². The Hall–Kier alpha value is -0.330. The Bertz CT molecular complexity index is 225. The molecule has 6 saturated carbocycles. The Morgan fingerprint density at radius 2 is 1.38 bits per heavy atom. The maximum absolute atomic E-state index is 11.8. The molecule has 0 aromatic heterocycles. The van der Waals surface area contributed by atoms with Crippen molar-refractivity contribution in [1.82, 2.24) is 0 Å². The molecular weight excluding hydrogens is 160 g/mol. The molecule has 0 amide bonds. The highest BCUT2D eigenvalue weighted by Crippen LogP contribution is 2.48. The monoisotopic (exact) mass is 178 g/mol. The lowest BCUT2D eigenvalue weighted by Gasteiger charge is -2.45. The van der Waals surface area contributed by atoms with Crippen LogP contribution in [-0.4, -0.2) is 5.78 Å². The first kappa shape index (κ1) is 8.02. The molecule has 1 heteroatoms. The highest BCUT2D eigenvalue weighted by Gasteiger charge is 2.42. The average Bonchev–Trinajstić information content (AvgIpc) is 2.13. The molecule has 0 spiro atoms. The number of hydrogen-bond acceptors (Lipinski definition) is 1. The SMILES string of the molecule is O=C1C[C@@H]2CC[C@H]1C1CCC2CC1. The van der Waals surface area contributed by atoms with Crippen molar-refractivity contribution in [2.45, 2.75) is 44.9 Å². The van der Waals surface area contributed by atoms with Crippen LogP contribution in [-0.2, 0) is 4.79 Å². The summed E-state index contributed by atoms with van der Waals surface area (Å²) < 4.78 is 0. The van der Waals surface area contributed by atoms with Gasteiger partial charge in [0, 0.05) is 12.3 Å². The van der Waals surface area contributed by atoms with Gasteiger partial charge < -0.3 is 0 Å². The normalized spacial score (nSPS) is 49.1. The number of hydrogen-bond donors (Lipinski definition) is 0. The smallest absolute Gasteiger partial charge is 0.136 e. The Morgan fingerprint density at radius 1 is 0.769 bits per heavy atom. The van der Waals surface area contributed by atoms with Crippen LogP contribution in [0.25, 0.3) is 0 Å². The van der Waals surface area contributed by atoms with E-state index in [-0.39, 0.29) is 0 Å². The molecule has 0 heterocycles. The Kier molecular flexibility index (Phi) is 1.75. The summed E-state index contributed by atoms with van der Waals surface area (Å²) in [5.74, 6) is 3.58. The molecule has 2 atom stereocenters. The Balaban J connectivity index is 1.94. The van der Waals surface area contributed by atoms with E-state index in [9.17, 15) is 4.79 Å². The summed E-state index contributed by atoms with van der Waals surface area (Å²) >= 11 is 0. The minimum absolute atomic E-state index is 0.484. The van der Waals surface area contributed by atoms with Gasteiger partial charge >= 0.3 is 0 Å². The Labute approximate surface area is 79.9 Å². The summed E-state index contributed by atoms with van der Waals surface area (Å²) in [4.78, 5) is 11.8. The third-order valence-corrected chi connectivity index (χ3v) is 4.78. The minimum atomic E-state index is 0.484. The van der Waals surface area contributed by atoms with Crippen molar-refractivity contribution >= 4 is 5.78 Å². The van der Waals surface area contributed by atoms with Crippen LogP contribution in [0, 0.1) is 23.7 Å². The van der Waals surface area contributed by atoms with Gasteiger partial charge in [0.2, 0.25) is 0 Å². The minimum Gasteiger partial charge on any atom is -0.299 e. The lowest BCUT2D eigenvalue weighted by Crippen LogP contribution is -2.40. The molecule has 0 aromatic rings. The van der Waals surface area contributed by atoms with E-state index in [1.54, 1.807) is 0 Å². The molecule has 6 aliphatic carbocycles. The summed E-state index contributed by atoms with van der Waals surface area (Å²) in [6, 6.07) is 0. The zero-order valence-corrected chi connectivity index (χ0v) is 8.17. The second-order valence-electron chi connectivity index (χ2n) is 5.29. The topological polar surface area (TPSA) is 17.1 Å². The van der Waals surface area contributed by atoms with Crippen molar-refractivity contribution in [1.29, 1.82) is 0 Å². The van der Waals surface area contributed by atoms with Gasteiger partial charge in [-0.1, -0.05) is 0 Å². The van der Waals surface area contributed by atoms with Crippen LogP contribution in [0.4, 0.5) is 0 Å². The molecule has 0 radical (unpaired) electrons. The second kappa shape index (κ2) is 2.83. The van der Waals surface area contributed by atoms with E-state index in [1.165, 1.54) is 38.5 Å². The summed E-state index contributed by atoms with van der Waals surface area (Å²) in [5.41, 5.74) is 0. The maximum atomic E-state index is 11.8. The molecule has 1 nitrogen and oxygen atoms in total. The van der Waals surface area contributed by atoms with Gasteiger partial charge in [0.05, 0.1) is 0 Å². The summed E-state index contributed by atoms with van der Waals surface area (Å²) in [5, 5.41) is 0. The Morgan fingerprint density at radius 3 is 2.08 bits per heavy atom. The van der Waals surface area contributed by atoms with Crippen LogP contribution in [0.5, 0.6) is 0 Å². The second-order valence-corrected chi connectivity index (χ2v) is 5.29. The molecular formula is C12H18O. The number of Topliss-reactive ketones (excluding diaryl/α,β-unsaturated/α-hetero) is 1. The van der Waals surface area contributed by atoms with Gasteiger partial charge in [-0.2, -0.15) is 0 Å². The molecule has 6 fully saturated rings. The molecule has 4 bridgehead atoms. The van der Waals surface area contributed by atoms with E-state index in [0.717, 1.165) is 24.2 Å². The largest absolute Gasteiger partial charge is 0.299 e. The van der Waals surface area contributed by atoms with Crippen LogP contribution in [0.2, 0.25) is 0 Å².